The summed E-state index contributed by atoms with van der Waals surface area (Å²) < 4.78 is 1.79. The standard InChI is InChI=1S/C12H17Br2N3O/c1-8(2)6-16-11(18)3-4-15-12-10(14)5-9(13)7-17-12/h5,7-8H,3-4,6H2,1-2H3,(H,15,17)(H,16,18). The van der Waals surface area contributed by atoms with Gasteiger partial charge in [-0.2, -0.15) is 0 Å². The maximum atomic E-state index is 11.5. The summed E-state index contributed by atoms with van der Waals surface area (Å²) in [5.74, 6) is 1.28. The highest BCUT2D eigenvalue weighted by Crippen LogP contribution is 2.23. The van der Waals surface area contributed by atoms with Crippen LogP contribution in [0.3, 0.4) is 0 Å². The Morgan fingerprint density at radius 3 is 2.78 bits per heavy atom. The second-order valence-corrected chi connectivity index (χ2v) is 6.13. The van der Waals surface area contributed by atoms with Crippen LogP contribution in [0, 0.1) is 5.92 Å². The summed E-state index contributed by atoms with van der Waals surface area (Å²) in [6.45, 7) is 5.43. The highest BCUT2D eigenvalue weighted by Gasteiger charge is 2.04. The lowest BCUT2D eigenvalue weighted by atomic mass is 10.2. The van der Waals surface area contributed by atoms with Crippen LogP contribution in [-0.2, 0) is 4.79 Å². The van der Waals surface area contributed by atoms with Crippen LogP contribution in [-0.4, -0.2) is 24.0 Å². The van der Waals surface area contributed by atoms with Crippen LogP contribution in [0.25, 0.3) is 0 Å². The van der Waals surface area contributed by atoms with E-state index < -0.39 is 0 Å². The van der Waals surface area contributed by atoms with Gasteiger partial charge in [0.1, 0.15) is 5.82 Å². The van der Waals surface area contributed by atoms with Crippen molar-refractivity contribution in [2.45, 2.75) is 20.3 Å². The first kappa shape index (κ1) is 15.4. The zero-order valence-electron chi connectivity index (χ0n) is 10.5. The van der Waals surface area contributed by atoms with Gasteiger partial charge in [-0.3, -0.25) is 4.79 Å². The normalized spacial score (nSPS) is 10.5. The Bertz CT molecular complexity index is 410. The molecule has 0 bridgehead atoms. The molecular weight excluding hydrogens is 362 g/mol. The molecule has 1 aromatic heterocycles. The Morgan fingerprint density at radius 1 is 1.44 bits per heavy atom. The number of hydrogen-bond acceptors (Lipinski definition) is 3. The minimum absolute atomic E-state index is 0.0597. The molecule has 0 aliphatic heterocycles. The van der Waals surface area contributed by atoms with Crippen molar-refractivity contribution in [3.63, 3.8) is 0 Å². The Labute approximate surface area is 124 Å². The van der Waals surface area contributed by atoms with Crippen LogP contribution in [0.1, 0.15) is 20.3 Å². The summed E-state index contributed by atoms with van der Waals surface area (Å²) in [6.07, 6.45) is 2.16. The number of amides is 1. The van der Waals surface area contributed by atoms with Gasteiger partial charge in [0.05, 0.1) is 4.47 Å². The van der Waals surface area contributed by atoms with Gasteiger partial charge < -0.3 is 10.6 Å². The molecule has 1 amide bonds. The van der Waals surface area contributed by atoms with Crippen molar-refractivity contribution in [2.24, 2.45) is 5.92 Å². The summed E-state index contributed by atoms with van der Waals surface area (Å²) in [4.78, 5) is 15.7. The maximum Gasteiger partial charge on any atom is 0.221 e. The molecule has 4 nitrogen and oxygen atoms in total. The molecule has 0 aromatic carbocycles. The first-order valence-corrected chi connectivity index (χ1v) is 7.39. The second-order valence-electron chi connectivity index (χ2n) is 4.36. The highest BCUT2D eigenvalue weighted by molar-refractivity contribution is 9.11. The number of hydrogen-bond donors (Lipinski definition) is 2. The smallest absolute Gasteiger partial charge is 0.221 e. The maximum absolute atomic E-state index is 11.5. The molecule has 0 saturated heterocycles. The largest absolute Gasteiger partial charge is 0.369 e. The molecule has 2 N–H and O–H groups in total. The van der Waals surface area contributed by atoms with E-state index in [9.17, 15) is 4.79 Å². The molecule has 6 heteroatoms. The van der Waals surface area contributed by atoms with Crippen LogP contribution in [0.4, 0.5) is 5.82 Å². The number of aromatic nitrogens is 1. The summed E-state index contributed by atoms with van der Waals surface area (Å²) in [5.41, 5.74) is 0. The molecule has 100 valence electrons. The molecular formula is C12H17Br2N3O. The molecule has 0 radical (unpaired) electrons. The third kappa shape index (κ3) is 5.82. The third-order valence-corrected chi connectivity index (χ3v) is 3.20. The number of rotatable bonds is 6. The number of nitrogens with one attached hydrogen (secondary N) is 2. The van der Waals surface area contributed by atoms with E-state index in [2.05, 4.69) is 61.3 Å². The lowest BCUT2D eigenvalue weighted by molar-refractivity contribution is -0.120. The molecule has 0 atom stereocenters. The minimum atomic E-state index is 0.0597. The van der Waals surface area contributed by atoms with Gasteiger partial charge in [0.25, 0.3) is 0 Å². The molecule has 1 rings (SSSR count). The second kappa shape index (κ2) is 7.74. The van der Waals surface area contributed by atoms with Gasteiger partial charge >= 0.3 is 0 Å². The van der Waals surface area contributed by atoms with Crippen LogP contribution in [0.2, 0.25) is 0 Å². The number of nitrogens with zero attached hydrogens (tertiary/aromatic N) is 1. The number of anilines is 1. The lowest BCUT2D eigenvalue weighted by Crippen LogP contribution is -2.28. The molecule has 1 aromatic rings. The van der Waals surface area contributed by atoms with Crippen molar-refractivity contribution in [3.8, 4) is 0 Å². The van der Waals surface area contributed by atoms with Gasteiger partial charge in [-0.1, -0.05) is 13.8 Å². The van der Waals surface area contributed by atoms with Crippen molar-refractivity contribution in [2.75, 3.05) is 18.4 Å². The van der Waals surface area contributed by atoms with Gasteiger partial charge in [0, 0.05) is 30.2 Å². The van der Waals surface area contributed by atoms with Gasteiger partial charge in [-0.25, -0.2) is 4.98 Å². The fourth-order valence-corrected chi connectivity index (χ4v) is 2.37. The fourth-order valence-electron chi connectivity index (χ4n) is 1.25. The van der Waals surface area contributed by atoms with Crippen molar-refractivity contribution in [3.05, 3.63) is 21.2 Å². The van der Waals surface area contributed by atoms with Gasteiger partial charge in [-0.05, 0) is 43.8 Å². The minimum Gasteiger partial charge on any atom is -0.369 e. The Kier molecular flexibility index (Phi) is 6.63. The van der Waals surface area contributed by atoms with E-state index in [-0.39, 0.29) is 5.91 Å². The van der Waals surface area contributed by atoms with Crippen molar-refractivity contribution < 1.29 is 4.79 Å². The third-order valence-electron chi connectivity index (χ3n) is 2.16. The van der Waals surface area contributed by atoms with E-state index in [1.54, 1.807) is 6.20 Å². The zero-order valence-corrected chi connectivity index (χ0v) is 13.6. The van der Waals surface area contributed by atoms with E-state index >= 15 is 0 Å². The van der Waals surface area contributed by atoms with Gasteiger partial charge in [-0.15, -0.1) is 0 Å². The van der Waals surface area contributed by atoms with Crippen LogP contribution in [0.5, 0.6) is 0 Å². The Morgan fingerprint density at radius 2 is 2.17 bits per heavy atom. The first-order valence-electron chi connectivity index (χ1n) is 5.80. The van der Waals surface area contributed by atoms with Crippen LogP contribution >= 0.6 is 31.9 Å². The Hall–Kier alpha value is -0.620. The molecule has 0 aliphatic carbocycles. The molecule has 0 spiro atoms. The molecule has 0 unspecified atom stereocenters. The van der Waals surface area contributed by atoms with E-state index in [1.807, 2.05) is 6.07 Å². The van der Waals surface area contributed by atoms with E-state index in [0.29, 0.717) is 18.9 Å². The van der Waals surface area contributed by atoms with E-state index in [1.165, 1.54) is 0 Å². The number of carbonyl (C=O) groups excluding carboxylic acids is 1. The zero-order chi connectivity index (χ0) is 13.5. The molecule has 1 heterocycles. The molecule has 0 saturated carbocycles. The number of carbonyl (C=O) groups is 1. The number of pyridine rings is 1. The molecule has 18 heavy (non-hydrogen) atoms. The predicted octanol–water partition coefficient (Wildman–Crippen LogP) is 3.18. The molecule has 0 fully saturated rings. The van der Waals surface area contributed by atoms with Crippen molar-refractivity contribution in [1.82, 2.24) is 10.3 Å². The van der Waals surface area contributed by atoms with Crippen LogP contribution in [0.15, 0.2) is 21.2 Å². The average Bonchev–Trinajstić information content (AvgIpc) is 2.29. The fraction of sp³-hybridized carbons (Fsp3) is 0.500. The topological polar surface area (TPSA) is 54.0 Å². The number of halogens is 2. The predicted molar refractivity (Wildman–Crippen MR) is 80.6 cm³/mol. The SMILES string of the molecule is CC(C)CNC(=O)CCNc1ncc(Br)cc1Br. The van der Waals surface area contributed by atoms with E-state index in [0.717, 1.165) is 21.3 Å². The van der Waals surface area contributed by atoms with Crippen molar-refractivity contribution in [1.29, 1.82) is 0 Å². The summed E-state index contributed by atoms with van der Waals surface area (Å²) >= 11 is 6.75. The Balaban J connectivity index is 2.31. The highest BCUT2D eigenvalue weighted by atomic mass is 79.9. The van der Waals surface area contributed by atoms with E-state index in [4.69, 9.17) is 0 Å². The van der Waals surface area contributed by atoms with Gasteiger partial charge in [0.15, 0.2) is 0 Å². The first-order chi connectivity index (χ1) is 8.49. The summed E-state index contributed by atoms with van der Waals surface area (Å²) in [7, 11) is 0. The average molecular weight is 379 g/mol. The van der Waals surface area contributed by atoms with Crippen LogP contribution < -0.4 is 10.6 Å². The lowest BCUT2D eigenvalue weighted by Gasteiger charge is -2.09. The van der Waals surface area contributed by atoms with Gasteiger partial charge in [0.2, 0.25) is 5.91 Å². The quantitative estimate of drug-likeness (QED) is 0.799. The molecule has 0 aliphatic rings. The van der Waals surface area contributed by atoms with Crippen molar-refractivity contribution >= 4 is 43.6 Å². The summed E-state index contributed by atoms with van der Waals surface area (Å²) in [6, 6.07) is 1.91. The monoisotopic (exact) mass is 377 g/mol. The summed E-state index contributed by atoms with van der Waals surface area (Å²) in [5, 5.41) is 5.99.